The van der Waals surface area contributed by atoms with Crippen LogP contribution in [0.15, 0.2) is 12.1 Å². The Balaban J connectivity index is 1.84. The number of aromatic nitrogens is 2. The Hall–Kier alpha value is -1.65. The van der Waals surface area contributed by atoms with Gasteiger partial charge in [0, 0.05) is 13.1 Å². The van der Waals surface area contributed by atoms with E-state index in [1.807, 2.05) is 6.92 Å². The highest BCUT2D eigenvalue weighted by atomic mass is 16.1. The molecule has 0 aromatic carbocycles. The van der Waals surface area contributed by atoms with E-state index in [2.05, 4.69) is 20.8 Å². The normalized spacial score (nSPS) is 15.1. The lowest BCUT2D eigenvalue weighted by Gasteiger charge is -2.25. The van der Waals surface area contributed by atoms with E-state index in [9.17, 15) is 4.79 Å². The number of nitrogens with one attached hydrogen (secondary N) is 2. The third-order valence-corrected chi connectivity index (χ3v) is 3.03. The van der Waals surface area contributed by atoms with E-state index < -0.39 is 0 Å². The van der Waals surface area contributed by atoms with E-state index in [0.29, 0.717) is 17.4 Å². The number of hydrogen-bond donors (Lipinski definition) is 2. The lowest BCUT2D eigenvalue weighted by Crippen LogP contribution is -2.32. The maximum atomic E-state index is 11.7. The van der Waals surface area contributed by atoms with Crippen LogP contribution >= 0.6 is 0 Å². The third kappa shape index (κ3) is 3.15. The second kappa shape index (κ2) is 5.61. The first-order chi connectivity index (χ1) is 8.29. The maximum absolute atomic E-state index is 11.7. The highest BCUT2D eigenvalue weighted by Crippen LogP contribution is 2.25. The van der Waals surface area contributed by atoms with Gasteiger partial charge in [-0.2, -0.15) is 0 Å². The van der Waals surface area contributed by atoms with Gasteiger partial charge in [-0.15, -0.1) is 10.2 Å². The molecule has 0 unspecified atom stereocenters. The molecule has 17 heavy (non-hydrogen) atoms. The lowest BCUT2D eigenvalue weighted by atomic mass is 9.85. The Morgan fingerprint density at radius 2 is 2.24 bits per heavy atom. The SMILES string of the molecule is CCNc1ccc(C(=O)NCC2CCC2)nn1. The number of nitrogens with zero attached hydrogens (tertiary/aromatic N) is 2. The molecule has 1 aromatic rings. The second-order valence-electron chi connectivity index (χ2n) is 4.34. The summed E-state index contributed by atoms with van der Waals surface area (Å²) in [7, 11) is 0. The zero-order valence-electron chi connectivity index (χ0n) is 10.1. The molecular weight excluding hydrogens is 216 g/mol. The highest BCUT2D eigenvalue weighted by Gasteiger charge is 2.18. The molecule has 92 valence electrons. The fourth-order valence-corrected chi connectivity index (χ4v) is 1.75. The fraction of sp³-hybridized carbons (Fsp3) is 0.583. The predicted molar refractivity (Wildman–Crippen MR) is 65.9 cm³/mol. The van der Waals surface area contributed by atoms with Crippen LogP contribution in [0.4, 0.5) is 5.82 Å². The van der Waals surface area contributed by atoms with Gasteiger partial charge in [0.1, 0.15) is 5.82 Å². The summed E-state index contributed by atoms with van der Waals surface area (Å²) in [6.07, 6.45) is 3.74. The average molecular weight is 234 g/mol. The monoisotopic (exact) mass is 234 g/mol. The van der Waals surface area contributed by atoms with Crippen molar-refractivity contribution in [3.05, 3.63) is 17.8 Å². The topological polar surface area (TPSA) is 66.9 Å². The summed E-state index contributed by atoms with van der Waals surface area (Å²) in [5.74, 6) is 1.23. The molecular formula is C12H18N4O. The van der Waals surface area contributed by atoms with E-state index >= 15 is 0 Å². The second-order valence-corrected chi connectivity index (χ2v) is 4.34. The zero-order chi connectivity index (χ0) is 12.1. The van der Waals surface area contributed by atoms with Crippen LogP contribution in [-0.2, 0) is 0 Å². The van der Waals surface area contributed by atoms with Gasteiger partial charge in [0.15, 0.2) is 5.69 Å². The summed E-state index contributed by atoms with van der Waals surface area (Å²) >= 11 is 0. The first-order valence-corrected chi connectivity index (χ1v) is 6.15. The summed E-state index contributed by atoms with van der Waals surface area (Å²) in [5.41, 5.74) is 0.381. The molecule has 1 heterocycles. The largest absolute Gasteiger partial charge is 0.369 e. The van der Waals surface area contributed by atoms with Crippen molar-refractivity contribution in [2.45, 2.75) is 26.2 Å². The first kappa shape index (κ1) is 11.8. The number of carbonyl (C=O) groups is 1. The van der Waals surface area contributed by atoms with Crippen molar-refractivity contribution < 1.29 is 4.79 Å². The number of carbonyl (C=O) groups excluding carboxylic acids is 1. The van der Waals surface area contributed by atoms with Crippen LogP contribution < -0.4 is 10.6 Å². The molecule has 2 rings (SSSR count). The summed E-state index contributed by atoms with van der Waals surface area (Å²) in [6.45, 7) is 3.54. The molecule has 0 atom stereocenters. The molecule has 5 heteroatoms. The molecule has 1 aliphatic rings. The summed E-state index contributed by atoms with van der Waals surface area (Å²) in [6, 6.07) is 3.47. The van der Waals surface area contributed by atoms with Gasteiger partial charge in [0.05, 0.1) is 0 Å². The van der Waals surface area contributed by atoms with Gasteiger partial charge < -0.3 is 10.6 Å². The van der Waals surface area contributed by atoms with Crippen molar-refractivity contribution in [2.24, 2.45) is 5.92 Å². The van der Waals surface area contributed by atoms with Crippen LogP contribution in [0.1, 0.15) is 36.7 Å². The molecule has 0 aliphatic heterocycles. The van der Waals surface area contributed by atoms with Gasteiger partial charge >= 0.3 is 0 Å². The maximum Gasteiger partial charge on any atom is 0.271 e. The van der Waals surface area contributed by atoms with Crippen LogP contribution in [0, 0.1) is 5.92 Å². The van der Waals surface area contributed by atoms with Crippen LogP contribution in [0.5, 0.6) is 0 Å². The van der Waals surface area contributed by atoms with E-state index in [1.54, 1.807) is 12.1 Å². The minimum Gasteiger partial charge on any atom is -0.369 e. The molecule has 1 fully saturated rings. The Kier molecular flexibility index (Phi) is 3.90. The smallest absolute Gasteiger partial charge is 0.271 e. The summed E-state index contributed by atoms with van der Waals surface area (Å²) in [5, 5.41) is 13.8. The summed E-state index contributed by atoms with van der Waals surface area (Å²) in [4.78, 5) is 11.7. The van der Waals surface area contributed by atoms with E-state index in [4.69, 9.17) is 0 Å². The van der Waals surface area contributed by atoms with Crippen molar-refractivity contribution in [1.29, 1.82) is 0 Å². The minimum atomic E-state index is -0.132. The molecule has 1 amide bonds. The van der Waals surface area contributed by atoms with Gasteiger partial charge in [-0.05, 0) is 37.8 Å². The predicted octanol–water partition coefficient (Wildman–Crippen LogP) is 1.44. The number of hydrogen-bond acceptors (Lipinski definition) is 4. The van der Waals surface area contributed by atoms with Gasteiger partial charge in [0.25, 0.3) is 5.91 Å². The van der Waals surface area contributed by atoms with Crippen molar-refractivity contribution in [1.82, 2.24) is 15.5 Å². The van der Waals surface area contributed by atoms with E-state index in [-0.39, 0.29) is 5.91 Å². The zero-order valence-corrected chi connectivity index (χ0v) is 10.1. The van der Waals surface area contributed by atoms with Gasteiger partial charge in [-0.25, -0.2) is 0 Å². The lowest BCUT2D eigenvalue weighted by molar-refractivity contribution is 0.0933. The minimum absolute atomic E-state index is 0.132. The standard InChI is InChI=1S/C12H18N4O/c1-2-13-11-7-6-10(15-16-11)12(17)14-8-9-4-3-5-9/h6-7,9H,2-5,8H2,1H3,(H,13,16)(H,14,17). The molecule has 0 radical (unpaired) electrons. The Labute approximate surface area is 101 Å². The van der Waals surface area contributed by atoms with Gasteiger partial charge in [-0.1, -0.05) is 6.42 Å². The van der Waals surface area contributed by atoms with Crippen molar-refractivity contribution in [3.8, 4) is 0 Å². The molecule has 1 aliphatic carbocycles. The average Bonchev–Trinajstić information content (AvgIpc) is 2.28. The van der Waals surface area contributed by atoms with Crippen LogP contribution in [0.25, 0.3) is 0 Å². The quantitative estimate of drug-likeness (QED) is 0.809. The van der Waals surface area contributed by atoms with E-state index in [1.165, 1.54) is 19.3 Å². The highest BCUT2D eigenvalue weighted by molar-refractivity contribution is 5.92. The number of anilines is 1. The Bertz CT molecular complexity index is 373. The Morgan fingerprint density at radius 3 is 2.76 bits per heavy atom. The molecule has 0 bridgehead atoms. The van der Waals surface area contributed by atoms with Gasteiger partial charge in [-0.3, -0.25) is 4.79 Å². The Morgan fingerprint density at radius 1 is 1.41 bits per heavy atom. The van der Waals surface area contributed by atoms with E-state index in [0.717, 1.165) is 13.1 Å². The van der Waals surface area contributed by atoms with Crippen molar-refractivity contribution in [3.63, 3.8) is 0 Å². The summed E-state index contributed by atoms with van der Waals surface area (Å²) < 4.78 is 0. The number of amides is 1. The molecule has 5 nitrogen and oxygen atoms in total. The van der Waals surface area contributed by atoms with Gasteiger partial charge in [0.2, 0.25) is 0 Å². The number of rotatable bonds is 5. The van der Waals surface area contributed by atoms with Crippen LogP contribution in [0.2, 0.25) is 0 Å². The third-order valence-electron chi connectivity index (χ3n) is 3.03. The molecule has 2 N–H and O–H groups in total. The fourth-order valence-electron chi connectivity index (χ4n) is 1.75. The molecule has 1 saturated carbocycles. The van der Waals surface area contributed by atoms with Crippen molar-refractivity contribution in [2.75, 3.05) is 18.4 Å². The first-order valence-electron chi connectivity index (χ1n) is 6.15. The van der Waals surface area contributed by atoms with Crippen molar-refractivity contribution >= 4 is 11.7 Å². The molecule has 0 spiro atoms. The van der Waals surface area contributed by atoms with Crippen LogP contribution in [0.3, 0.4) is 0 Å². The molecule has 0 saturated heterocycles. The molecule has 1 aromatic heterocycles. The van der Waals surface area contributed by atoms with Crippen LogP contribution in [-0.4, -0.2) is 29.2 Å².